The van der Waals surface area contributed by atoms with Gasteiger partial charge in [-0.3, -0.25) is 14.3 Å². The first kappa shape index (κ1) is 22.9. The van der Waals surface area contributed by atoms with Crippen molar-refractivity contribution in [3.8, 4) is 5.75 Å². The molecule has 2 heterocycles. The largest absolute Gasteiger partial charge is 0.494 e. The topological polar surface area (TPSA) is 76.5 Å². The standard InChI is InChI=1S/C27H36N4O3/c1-3-34-22-14-10-19(11-15-22)17-30-25(32)24-16-23(20-12-13-20)29-31(24)18-27(30,2)26(33)28-21-8-6-4-5-7-9-21/h10-11,14-16,20-21H,3-9,12-13,17-18H2,1-2H3,(H,28,33)/t27-/m1/s1. The summed E-state index contributed by atoms with van der Waals surface area (Å²) in [5.41, 5.74) is 1.54. The van der Waals surface area contributed by atoms with E-state index in [1.165, 1.54) is 12.8 Å². The summed E-state index contributed by atoms with van der Waals surface area (Å²) in [5.74, 6) is 1.06. The Kier molecular flexibility index (Phi) is 6.36. The molecule has 5 rings (SSSR count). The van der Waals surface area contributed by atoms with E-state index in [0.717, 1.165) is 55.5 Å². The van der Waals surface area contributed by atoms with Crippen molar-refractivity contribution in [3.05, 3.63) is 47.3 Å². The summed E-state index contributed by atoms with van der Waals surface area (Å²) < 4.78 is 7.34. The van der Waals surface area contributed by atoms with Crippen molar-refractivity contribution in [2.75, 3.05) is 6.61 Å². The smallest absolute Gasteiger partial charge is 0.273 e. The summed E-state index contributed by atoms with van der Waals surface area (Å²) in [5, 5.41) is 8.06. The molecule has 2 saturated carbocycles. The van der Waals surface area contributed by atoms with Crippen molar-refractivity contribution in [2.45, 2.75) is 95.8 Å². The summed E-state index contributed by atoms with van der Waals surface area (Å²) >= 11 is 0. The van der Waals surface area contributed by atoms with Crippen molar-refractivity contribution < 1.29 is 14.3 Å². The molecule has 7 nitrogen and oxygen atoms in total. The van der Waals surface area contributed by atoms with Gasteiger partial charge in [-0.1, -0.05) is 37.8 Å². The van der Waals surface area contributed by atoms with E-state index in [9.17, 15) is 9.59 Å². The van der Waals surface area contributed by atoms with Crippen molar-refractivity contribution in [1.82, 2.24) is 20.0 Å². The van der Waals surface area contributed by atoms with Crippen LogP contribution in [0.1, 0.15) is 92.9 Å². The van der Waals surface area contributed by atoms with E-state index in [2.05, 4.69) is 5.32 Å². The van der Waals surface area contributed by atoms with Crippen molar-refractivity contribution in [3.63, 3.8) is 0 Å². The minimum absolute atomic E-state index is 0.0761. The monoisotopic (exact) mass is 464 g/mol. The average molecular weight is 465 g/mol. The number of carbonyl (C=O) groups excluding carboxylic acids is 2. The second-order valence-electron chi connectivity index (χ2n) is 10.3. The van der Waals surface area contributed by atoms with Crippen LogP contribution in [0.3, 0.4) is 0 Å². The van der Waals surface area contributed by atoms with Gasteiger partial charge in [-0.25, -0.2) is 0 Å². The zero-order valence-corrected chi connectivity index (χ0v) is 20.4. The number of ether oxygens (including phenoxy) is 1. The molecule has 1 N–H and O–H groups in total. The minimum atomic E-state index is -1.01. The summed E-state index contributed by atoms with van der Waals surface area (Å²) in [6.45, 7) is 5.20. The Morgan fingerprint density at radius 2 is 1.82 bits per heavy atom. The fraction of sp³-hybridized carbons (Fsp3) is 0.593. The third kappa shape index (κ3) is 4.57. The number of benzene rings is 1. The third-order valence-corrected chi connectivity index (χ3v) is 7.57. The van der Waals surface area contributed by atoms with E-state index in [1.807, 2.05) is 44.2 Å². The highest BCUT2D eigenvalue weighted by Gasteiger charge is 2.48. The van der Waals surface area contributed by atoms with Gasteiger partial charge in [-0.15, -0.1) is 0 Å². The molecule has 0 saturated heterocycles. The van der Waals surface area contributed by atoms with Crippen LogP contribution < -0.4 is 10.1 Å². The molecule has 2 aromatic rings. The SMILES string of the molecule is CCOc1ccc(CN2C(=O)c3cc(C4CC4)nn3C[C@]2(C)C(=O)NC2CCCCCC2)cc1. The van der Waals surface area contributed by atoms with E-state index in [0.29, 0.717) is 31.3 Å². The molecule has 0 bridgehead atoms. The van der Waals surface area contributed by atoms with Crippen LogP contribution in [-0.2, 0) is 17.9 Å². The zero-order valence-electron chi connectivity index (χ0n) is 20.4. The minimum Gasteiger partial charge on any atom is -0.494 e. The maximum atomic E-state index is 13.8. The van der Waals surface area contributed by atoms with Crippen molar-refractivity contribution in [2.24, 2.45) is 0 Å². The molecular formula is C27H36N4O3. The van der Waals surface area contributed by atoms with E-state index >= 15 is 0 Å². The lowest BCUT2D eigenvalue weighted by Gasteiger charge is -2.44. The quantitative estimate of drug-likeness (QED) is 0.616. The van der Waals surface area contributed by atoms with Gasteiger partial charge in [0.2, 0.25) is 5.91 Å². The van der Waals surface area contributed by atoms with Crippen LogP contribution in [0.5, 0.6) is 5.75 Å². The van der Waals surface area contributed by atoms with Gasteiger partial charge in [0.05, 0.1) is 18.8 Å². The fourth-order valence-corrected chi connectivity index (χ4v) is 5.29. The van der Waals surface area contributed by atoms with Gasteiger partial charge >= 0.3 is 0 Å². The number of rotatable bonds is 7. The maximum Gasteiger partial charge on any atom is 0.273 e. The molecule has 1 aromatic heterocycles. The van der Waals surface area contributed by atoms with Crippen molar-refractivity contribution in [1.29, 1.82) is 0 Å². The molecule has 2 aliphatic carbocycles. The number of amides is 2. The molecule has 1 aliphatic heterocycles. The van der Waals surface area contributed by atoms with E-state index in [4.69, 9.17) is 9.84 Å². The van der Waals surface area contributed by atoms with Crippen LogP contribution in [0, 0.1) is 0 Å². The summed E-state index contributed by atoms with van der Waals surface area (Å²) in [4.78, 5) is 29.3. The highest BCUT2D eigenvalue weighted by atomic mass is 16.5. The Bertz CT molecular complexity index is 1030. The lowest BCUT2D eigenvalue weighted by atomic mass is 9.93. The van der Waals surface area contributed by atoms with Crippen LogP contribution in [0.15, 0.2) is 30.3 Å². The second-order valence-corrected chi connectivity index (χ2v) is 10.3. The van der Waals surface area contributed by atoms with Gasteiger partial charge in [0, 0.05) is 18.5 Å². The summed E-state index contributed by atoms with van der Waals surface area (Å²) in [6.07, 6.45) is 9.01. The van der Waals surface area contributed by atoms with Gasteiger partial charge in [0.1, 0.15) is 17.0 Å². The first-order valence-electron chi connectivity index (χ1n) is 12.9. The second kappa shape index (κ2) is 9.43. The molecule has 0 radical (unpaired) electrons. The summed E-state index contributed by atoms with van der Waals surface area (Å²) in [7, 11) is 0. The Labute approximate surface area is 201 Å². The Balaban J connectivity index is 1.43. The van der Waals surface area contributed by atoms with Gasteiger partial charge in [-0.05, 0) is 63.3 Å². The van der Waals surface area contributed by atoms with Crippen molar-refractivity contribution >= 4 is 11.8 Å². The number of fused-ring (bicyclic) bond motifs is 1. The lowest BCUT2D eigenvalue weighted by Crippen LogP contribution is -2.64. The molecule has 0 unspecified atom stereocenters. The first-order chi connectivity index (χ1) is 16.5. The van der Waals surface area contributed by atoms with Gasteiger partial charge in [0.15, 0.2) is 0 Å². The third-order valence-electron chi connectivity index (χ3n) is 7.57. The molecule has 7 heteroatoms. The van der Waals surface area contributed by atoms with E-state index in [1.54, 1.807) is 9.58 Å². The number of carbonyl (C=O) groups is 2. The van der Waals surface area contributed by atoms with E-state index < -0.39 is 5.54 Å². The van der Waals surface area contributed by atoms with Crippen LogP contribution >= 0.6 is 0 Å². The first-order valence-corrected chi connectivity index (χ1v) is 12.9. The lowest BCUT2D eigenvalue weighted by molar-refractivity contribution is -0.134. The van der Waals surface area contributed by atoms with Crippen LogP contribution in [0.2, 0.25) is 0 Å². The molecule has 34 heavy (non-hydrogen) atoms. The molecule has 2 amide bonds. The molecule has 182 valence electrons. The van der Waals surface area contributed by atoms with Gasteiger partial charge < -0.3 is 15.0 Å². The maximum absolute atomic E-state index is 13.8. The predicted molar refractivity (Wildman–Crippen MR) is 130 cm³/mol. The van der Waals surface area contributed by atoms with Gasteiger partial charge in [-0.2, -0.15) is 5.10 Å². The summed E-state index contributed by atoms with van der Waals surface area (Å²) in [6, 6.07) is 9.91. The number of hydrogen-bond acceptors (Lipinski definition) is 4. The number of nitrogens with zero attached hydrogens (tertiary/aromatic N) is 3. The van der Waals surface area contributed by atoms with Crippen LogP contribution in [-0.4, -0.2) is 44.7 Å². The highest BCUT2D eigenvalue weighted by molar-refractivity contribution is 5.99. The highest BCUT2D eigenvalue weighted by Crippen LogP contribution is 2.41. The van der Waals surface area contributed by atoms with Crippen LogP contribution in [0.25, 0.3) is 0 Å². The normalized spacial score (nSPS) is 23.4. The Morgan fingerprint density at radius 3 is 2.47 bits per heavy atom. The number of aromatic nitrogens is 2. The fourth-order valence-electron chi connectivity index (χ4n) is 5.29. The molecule has 0 spiro atoms. The molecule has 3 aliphatic rings. The predicted octanol–water partition coefficient (Wildman–Crippen LogP) is 4.41. The average Bonchev–Trinajstić information content (AvgIpc) is 3.63. The van der Waals surface area contributed by atoms with E-state index in [-0.39, 0.29) is 17.9 Å². The number of hydrogen-bond donors (Lipinski definition) is 1. The van der Waals surface area contributed by atoms with Crippen LogP contribution in [0.4, 0.5) is 0 Å². The molecule has 2 fully saturated rings. The zero-order chi connectivity index (χ0) is 23.7. The van der Waals surface area contributed by atoms with Gasteiger partial charge in [0.25, 0.3) is 5.91 Å². The molecular weight excluding hydrogens is 428 g/mol. The Hall–Kier alpha value is -2.83. The molecule has 1 atom stereocenters. The Morgan fingerprint density at radius 1 is 1.12 bits per heavy atom. The number of nitrogens with one attached hydrogen (secondary N) is 1. The molecule has 1 aromatic carbocycles.